The average molecular weight is 358 g/mol. The monoisotopic (exact) mass is 358 g/mol. The summed E-state index contributed by atoms with van der Waals surface area (Å²) in [5.74, 6) is 0. The van der Waals surface area contributed by atoms with Gasteiger partial charge in [-0.05, 0) is 55.9 Å². The van der Waals surface area contributed by atoms with Crippen LogP contribution in [0.5, 0.6) is 0 Å². The Morgan fingerprint density at radius 3 is 2.36 bits per heavy atom. The third kappa shape index (κ3) is 2.35. The van der Waals surface area contributed by atoms with E-state index in [1.807, 2.05) is 12.4 Å². The molecule has 2 heteroatoms. The highest BCUT2D eigenvalue weighted by atomic mass is 14.7. The fourth-order valence-electron chi connectivity index (χ4n) is 4.48. The second kappa shape index (κ2) is 6.00. The van der Waals surface area contributed by atoms with E-state index in [4.69, 9.17) is 0 Å². The van der Waals surface area contributed by atoms with Gasteiger partial charge in [-0.15, -0.1) is 0 Å². The largest absolute Gasteiger partial charge is 0.288 e. The summed E-state index contributed by atoms with van der Waals surface area (Å²) >= 11 is 0. The van der Waals surface area contributed by atoms with Gasteiger partial charge in [0, 0.05) is 23.6 Å². The molecular weight excluding hydrogens is 340 g/mol. The van der Waals surface area contributed by atoms with Crippen molar-refractivity contribution in [2.24, 2.45) is 9.98 Å². The van der Waals surface area contributed by atoms with Crippen molar-refractivity contribution in [1.29, 1.82) is 0 Å². The number of hydrogen-bond donors (Lipinski definition) is 0. The van der Waals surface area contributed by atoms with Crippen LogP contribution in [0.3, 0.4) is 0 Å². The Hall–Kier alpha value is -3.52. The summed E-state index contributed by atoms with van der Waals surface area (Å²) in [6.07, 6.45) is 8.44. The van der Waals surface area contributed by atoms with Crippen LogP contribution in [-0.4, -0.2) is 12.4 Å². The number of hydrogen-bond acceptors (Lipinski definition) is 2. The summed E-state index contributed by atoms with van der Waals surface area (Å²) in [5, 5.41) is 5.25. The number of aliphatic imine (C=N–C) groups is 2. The Kier molecular flexibility index (Phi) is 3.33. The molecule has 0 atom stereocenters. The highest BCUT2D eigenvalue weighted by Gasteiger charge is 2.12. The van der Waals surface area contributed by atoms with E-state index in [1.165, 1.54) is 54.9 Å². The van der Waals surface area contributed by atoms with Crippen LogP contribution in [0, 0.1) is 0 Å². The zero-order valence-electron chi connectivity index (χ0n) is 15.4. The first-order valence-electron chi connectivity index (χ1n) is 9.65. The van der Waals surface area contributed by atoms with Gasteiger partial charge in [-0.1, -0.05) is 60.7 Å². The minimum atomic E-state index is 0.771. The minimum absolute atomic E-state index is 0.771. The van der Waals surface area contributed by atoms with Crippen molar-refractivity contribution in [3.05, 3.63) is 94.0 Å². The van der Waals surface area contributed by atoms with Gasteiger partial charge in [-0.25, -0.2) is 0 Å². The summed E-state index contributed by atoms with van der Waals surface area (Å²) in [6.45, 7) is 1.55. The van der Waals surface area contributed by atoms with Crippen molar-refractivity contribution in [3.63, 3.8) is 0 Å². The fraction of sp³-hybridized carbons (Fsp3) is 0.0769. The second-order valence-electron chi connectivity index (χ2n) is 7.48. The first kappa shape index (κ1) is 15.5. The van der Waals surface area contributed by atoms with E-state index in [-0.39, 0.29) is 0 Å². The first-order chi connectivity index (χ1) is 13.9. The van der Waals surface area contributed by atoms with Gasteiger partial charge < -0.3 is 0 Å². The van der Waals surface area contributed by atoms with Crippen LogP contribution >= 0.6 is 0 Å². The molecule has 0 N–H and O–H groups in total. The summed E-state index contributed by atoms with van der Waals surface area (Å²) in [4.78, 5) is 9.08. The van der Waals surface area contributed by atoms with E-state index < -0.39 is 0 Å². The highest BCUT2D eigenvalue weighted by Crippen LogP contribution is 2.31. The SMILES string of the molecule is C1=NCc2cccc3cc(/C=C/c4ccc5cccc6c5c4C=NC6)cc1c23. The van der Waals surface area contributed by atoms with Crippen molar-refractivity contribution >= 4 is 46.1 Å². The molecule has 0 bridgehead atoms. The molecule has 0 amide bonds. The molecule has 0 unspecified atom stereocenters. The molecule has 132 valence electrons. The van der Waals surface area contributed by atoms with Crippen molar-refractivity contribution in [1.82, 2.24) is 0 Å². The maximum absolute atomic E-state index is 4.57. The molecule has 0 saturated heterocycles. The van der Waals surface area contributed by atoms with Gasteiger partial charge in [-0.3, -0.25) is 9.98 Å². The molecule has 0 aliphatic carbocycles. The lowest BCUT2D eigenvalue weighted by atomic mass is 9.92. The Balaban J connectivity index is 1.48. The van der Waals surface area contributed by atoms with Gasteiger partial charge in [0.2, 0.25) is 0 Å². The van der Waals surface area contributed by atoms with Crippen LogP contribution in [0.2, 0.25) is 0 Å². The normalized spacial score (nSPS) is 14.4. The maximum atomic E-state index is 4.57. The summed E-state index contributed by atoms with van der Waals surface area (Å²) < 4.78 is 0. The summed E-state index contributed by atoms with van der Waals surface area (Å²) in [6, 6.07) is 21.9. The van der Waals surface area contributed by atoms with Crippen LogP contribution in [0.25, 0.3) is 33.7 Å². The molecule has 0 aromatic heterocycles. The standard InChI is InChI=1S/C26H18N2/c1-3-19-10-9-18(24-16-28-14-22(6-1)26(19)24)8-7-17-11-20-4-2-5-21-13-27-15-23(12-17)25(20)21/h1-12,15-16H,13-14H2/b8-7+. The van der Waals surface area contributed by atoms with Crippen LogP contribution in [0.15, 0.2) is 70.6 Å². The number of nitrogens with zero attached hydrogens (tertiary/aromatic N) is 2. The van der Waals surface area contributed by atoms with Gasteiger partial charge >= 0.3 is 0 Å². The lowest BCUT2D eigenvalue weighted by molar-refractivity contribution is 1.08. The predicted octanol–water partition coefficient (Wildman–Crippen LogP) is 6.03. The van der Waals surface area contributed by atoms with E-state index in [9.17, 15) is 0 Å². The molecule has 28 heavy (non-hydrogen) atoms. The fourth-order valence-corrected chi connectivity index (χ4v) is 4.48. The van der Waals surface area contributed by atoms with Crippen LogP contribution in [0.1, 0.15) is 33.4 Å². The van der Waals surface area contributed by atoms with E-state index in [2.05, 4.69) is 82.8 Å². The van der Waals surface area contributed by atoms with Gasteiger partial charge in [0.25, 0.3) is 0 Å². The van der Waals surface area contributed by atoms with Gasteiger partial charge in [0.15, 0.2) is 0 Å². The van der Waals surface area contributed by atoms with Crippen molar-refractivity contribution < 1.29 is 0 Å². The number of benzene rings is 4. The molecule has 2 aliphatic heterocycles. The quantitative estimate of drug-likeness (QED) is 0.391. The highest BCUT2D eigenvalue weighted by molar-refractivity contribution is 6.07. The summed E-state index contributed by atoms with van der Waals surface area (Å²) in [5.41, 5.74) is 7.46. The molecule has 0 fully saturated rings. The second-order valence-corrected chi connectivity index (χ2v) is 7.48. The molecular formula is C26H18N2. The third-order valence-corrected chi connectivity index (χ3v) is 5.75. The molecule has 2 aliphatic rings. The number of rotatable bonds is 2. The van der Waals surface area contributed by atoms with E-state index in [0.29, 0.717) is 0 Å². The lowest BCUT2D eigenvalue weighted by Crippen LogP contribution is -1.99. The van der Waals surface area contributed by atoms with Gasteiger partial charge in [-0.2, -0.15) is 0 Å². The van der Waals surface area contributed by atoms with Crippen LogP contribution in [-0.2, 0) is 13.1 Å². The van der Waals surface area contributed by atoms with Gasteiger partial charge in [0.1, 0.15) is 0 Å². The maximum Gasteiger partial charge on any atom is 0.0646 e. The van der Waals surface area contributed by atoms with Crippen LogP contribution < -0.4 is 0 Å². The molecule has 4 aromatic rings. The molecule has 2 nitrogen and oxygen atoms in total. The molecule has 0 spiro atoms. The molecule has 0 saturated carbocycles. The zero-order chi connectivity index (χ0) is 18.5. The Bertz CT molecular complexity index is 1360. The first-order valence-corrected chi connectivity index (χ1v) is 9.65. The average Bonchev–Trinajstić information content (AvgIpc) is 2.74. The topological polar surface area (TPSA) is 24.7 Å². The van der Waals surface area contributed by atoms with Crippen LogP contribution in [0.4, 0.5) is 0 Å². The Morgan fingerprint density at radius 1 is 0.679 bits per heavy atom. The molecule has 4 aromatic carbocycles. The smallest absolute Gasteiger partial charge is 0.0646 e. The Morgan fingerprint density at radius 2 is 1.46 bits per heavy atom. The van der Waals surface area contributed by atoms with E-state index >= 15 is 0 Å². The molecule has 0 radical (unpaired) electrons. The van der Waals surface area contributed by atoms with Crippen molar-refractivity contribution in [2.75, 3.05) is 0 Å². The predicted molar refractivity (Wildman–Crippen MR) is 119 cm³/mol. The molecule has 6 rings (SSSR count). The van der Waals surface area contributed by atoms with Crippen molar-refractivity contribution in [2.45, 2.75) is 13.1 Å². The Labute approximate surface area is 163 Å². The minimum Gasteiger partial charge on any atom is -0.288 e. The van der Waals surface area contributed by atoms with E-state index in [1.54, 1.807) is 0 Å². The van der Waals surface area contributed by atoms with Gasteiger partial charge in [0.05, 0.1) is 13.1 Å². The lowest BCUT2D eigenvalue weighted by Gasteiger charge is -2.15. The zero-order valence-corrected chi connectivity index (χ0v) is 15.4. The summed E-state index contributed by atoms with van der Waals surface area (Å²) in [7, 11) is 0. The molecule has 2 heterocycles. The van der Waals surface area contributed by atoms with E-state index in [0.717, 1.165) is 13.1 Å². The van der Waals surface area contributed by atoms with Crippen molar-refractivity contribution in [3.8, 4) is 0 Å². The third-order valence-electron chi connectivity index (χ3n) is 5.75.